The van der Waals surface area contributed by atoms with Crippen LogP contribution in [0.2, 0.25) is 0 Å². The quantitative estimate of drug-likeness (QED) is 0.626. The van der Waals surface area contributed by atoms with Crippen molar-refractivity contribution < 1.29 is 13.9 Å². The number of furan rings is 1. The molecule has 0 atom stereocenters. The lowest BCUT2D eigenvalue weighted by Crippen LogP contribution is -2.44. The molecule has 0 N–H and O–H groups in total. The first-order valence-electron chi connectivity index (χ1n) is 7.79. The van der Waals surface area contributed by atoms with Gasteiger partial charge >= 0.3 is 5.97 Å². The van der Waals surface area contributed by atoms with Crippen LogP contribution in [0.25, 0.3) is 11.0 Å². The summed E-state index contributed by atoms with van der Waals surface area (Å²) in [6.07, 6.45) is 0.857. The molecule has 22 heavy (non-hydrogen) atoms. The molecule has 0 spiro atoms. The molecule has 0 unspecified atom stereocenters. The maximum atomic E-state index is 12.0. The topological polar surface area (TPSA) is 45.9 Å². The van der Waals surface area contributed by atoms with Gasteiger partial charge in [0.2, 0.25) is 5.76 Å². The molecule has 3 rings (SSSR count). The zero-order chi connectivity index (χ0) is 15.4. The van der Waals surface area contributed by atoms with E-state index in [1.54, 1.807) is 6.07 Å². The lowest BCUT2D eigenvalue weighted by Gasteiger charge is -2.32. The predicted octanol–water partition coefficient (Wildman–Crippen LogP) is 2.23. The SMILES string of the molecule is CN1CCN(CCCOC(=O)c2cc3ccccc3o2)CC1. The van der Waals surface area contributed by atoms with Gasteiger partial charge in [-0.2, -0.15) is 0 Å². The van der Waals surface area contributed by atoms with Crippen LogP contribution < -0.4 is 0 Å². The van der Waals surface area contributed by atoms with Crippen LogP contribution in [0.1, 0.15) is 17.0 Å². The highest BCUT2D eigenvalue weighted by Gasteiger charge is 2.15. The van der Waals surface area contributed by atoms with Crippen LogP contribution in [0, 0.1) is 0 Å². The zero-order valence-corrected chi connectivity index (χ0v) is 13.0. The third-order valence-corrected chi connectivity index (χ3v) is 4.07. The molecule has 5 heteroatoms. The first kappa shape index (κ1) is 15.1. The van der Waals surface area contributed by atoms with E-state index in [4.69, 9.17) is 9.15 Å². The Kier molecular flexibility index (Phi) is 4.75. The summed E-state index contributed by atoms with van der Waals surface area (Å²) in [7, 11) is 2.15. The second-order valence-corrected chi connectivity index (χ2v) is 5.78. The van der Waals surface area contributed by atoms with E-state index < -0.39 is 0 Å². The predicted molar refractivity (Wildman–Crippen MR) is 85.1 cm³/mol. The molecule has 1 aromatic carbocycles. The van der Waals surface area contributed by atoms with Crippen molar-refractivity contribution in [3.8, 4) is 0 Å². The van der Waals surface area contributed by atoms with Gasteiger partial charge < -0.3 is 19.0 Å². The summed E-state index contributed by atoms with van der Waals surface area (Å²) in [6, 6.07) is 9.31. The molecule has 118 valence electrons. The van der Waals surface area contributed by atoms with Crippen LogP contribution in [-0.2, 0) is 4.74 Å². The first-order valence-corrected chi connectivity index (χ1v) is 7.79. The minimum Gasteiger partial charge on any atom is -0.460 e. The lowest BCUT2D eigenvalue weighted by molar-refractivity contribution is 0.0447. The van der Waals surface area contributed by atoms with Crippen molar-refractivity contribution in [2.75, 3.05) is 46.4 Å². The monoisotopic (exact) mass is 302 g/mol. The molecule has 0 aliphatic carbocycles. The van der Waals surface area contributed by atoms with Crippen LogP contribution >= 0.6 is 0 Å². The van der Waals surface area contributed by atoms with Crippen LogP contribution in [0.4, 0.5) is 0 Å². The number of carbonyl (C=O) groups is 1. The minimum atomic E-state index is -0.380. The Morgan fingerprint density at radius 1 is 1.23 bits per heavy atom. The van der Waals surface area contributed by atoms with E-state index in [9.17, 15) is 4.79 Å². The van der Waals surface area contributed by atoms with Crippen LogP contribution in [0.15, 0.2) is 34.7 Å². The third kappa shape index (κ3) is 3.67. The van der Waals surface area contributed by atoms with Gasteiger partial charge in [-0.3, -0.25) is 0 Å². The van der Waals surface area contributed by atoms with Crippen molar-refractivity contribution >= 4 is 16.9 Å². The van der Waals surface area contributed by atoms with Gasteiger partial charge in [0.15, 0.2) is 0 Å². The molecule has 1 aromatic heterocycles. The largest absolute Gasteiger partial charge is 0.460 e. The van der Waals surface area contributed by atoms with Gasteiger partial charge in [0.25, 0.3) is 0 Å². The number of para-hydroxylation sites is 1. The number of nitrogens with zero attached hydrogens (tertiary/aromatic N) is 2. The Labute approximate surface area is 130 Å². The Morgan fingerprint density at radius 2 is 2.00 bits per heavy atom. The van der Waals surface area contributed by atoms with Crippen molar-refractivity contribution in [1.82, 2.24) is 9.80 Å². The van der Waals surface area contributed by atoms with Gasteiger partial charge in [0, 0.05) is 38.1 Å². The number of likely N-dealkylation sites (N-methyl/N-ethyl adjacent to an activating group) is 1. The highest BCUT2D eigenvalue weighted by Crippen LogP contribution is 2.19. The second kappa shape index (κ2) is 6.94. The number of benzene rings is 1. The molecule has 1 aliphatic heterocycles. The minimum absolute atomic E-state index is 0.279. The maximum Gasteiger partial charge on any atom is 0.374 e. The van der Waals surface area contributed by atoms with E-state index in [-0.39, 0.29) is 11.7 Å². The molecule has 2 heterocycles. The average Bonchev–Trinajstić information content (AvgIpc) is 2.97. The molecule has 1 fully saturated rings. The Hall–Kier alpha value is -1.85. The number of ether oxygens (including phenoxy) is 1. The molecule has 1 saturated heterocycles. The molecule has 2 aromatic rings. The summed E-state index contributed by atoms with van der Waals surface area (Å²) in [5.41, 5.74) is 0.715. The van der Waals surface area contributed by atoms with Gasteiger partial charge in [-0.25, -0.2) is 4.79 Å². The fourth-order valence-corrected chi connectivity index (χ4v) is 2.68. The smallest absolute Gasteiger partial charge is 0.374 e. The Bertz CT molecular complexity index is 597. The summed E-state index contributed by atoms with van der Waals surface area (Å²) >= 11 is 0. The summed E-state index contributed by atoms with van der Waals surface area (Å²) in [6.45, 7) is 5.81. The highest BCUT2D eigenvalue weighted by molar-refractivity contribution is 5.92. The molecule has 0 saturated carbocycles. The number of hydrogen-bond donors (Lipinski definition) is 0. The number of piperazine rings is 1. The van der Waals surface area contributed by atoms with Crippen LogP contribution in [0.5, 0.6) is 0 Å². The van der Waals surface area contributed by atoms with Crippen molar-refractivity contribution in [2.24, 2.45) is 0 Å². The van der Waals surface area contributed by atoms with Crippen molar-refractivity contribution in [1.29, 1.82) is 0 Å². The van der Waals surface area contributed by atoms with Crippen molar-refractivity contribution in [3.63, 3.8) is 0 Å². The fraction of sp³-hybridized carbons (Fsp3) is 0.471. The second-order valence-electron chi connectivity index (χ2n) is 5.78. The van der Waals surface area contributed by atoms with E-state index >= 15 is 0 Å². The van der Waals surface area contributed by atoms with E-state index in [1.165, 1.54) is 0 Å². The zero-order valence-electron chi connectivity index (χ0n) is 13.0. The number of carbonyl (C=O) groups excluding carboxylic acids is 1. The fourth-order valence-electron chi connectivity index (χ4n) is 2.68. The van der Waals surface area contributed by atoms with Gasteiger partial charge in [-0.05, 0) is 25.6 Å². The molecule has 5 nitrogen and oxygen atoms in total. The lowest BCUT2D eigenvalue weighted by atomic mass is 10.2. The standard InChI is InChI=1S/C17H22N2O3/c1-18-8-10-19(11-9-18)7-4-12-21-17(20)16-13-14-5-2-3-6-15(14)22-16/h2-3,5-6,13H,4,7-12H2,1H3. The van der Waals surface area contributed by atoms with Gasteiger partial charge in [-0.15, -0.1) is 0 Å². The van der Waals surface area contributed by atoms with E-state index in [1.807, 2.05) is 24.3 Å². The van der Waals surface area contributed by atoms with Crippen LogP contribution in [-0.4, -0.2) is 62.1 Å². The Balaban J connectivity index is 1.42. The average molecular weight is 302 g/mol. The summed E-state index contributed by atoms with van der Waals surface area (Å²) in [5, 5.41) is 0.923. The number of hydrogen-bond acceptors (Lipinski definition) is 5. The van der Waals surface area contributed by atoms with Crippen molar-refractivity contribution in [2.45, 2.75) is 6.42 Å². The normalized spacial score (nSPS) is 17.0. The van der Waals surface area contributed by atoms with Gasteiger partial charge in [0.1, 0.15) is 5.58 Å². The van der Waals surface area contributed by atoms with E-state index in [2.05, 4.69) is 16.8 Å². The summed E-state index contributed by atoms with van der Waals surface area (Å²) < 4.78 is 10.8. The number of fused-ring (bicyclic) bond motifs is 1. The molecule has 1 aliphatic rings. The molecule has 0 radical (unpaired) electrons. The third-order valence-electron chi connectivity index (χ3n) is 4.07. The maximum absolute atomic E-state index is 12.0. The first-order chi connectivity index (χ1) is 10.7. The highest BCUT2D eigenvalue weighted by atomic mass is 16.5. The van der Waals surface area contributed by atoms with E-state index in [0.717, 1.165) is 44.5 Å². The number of rotatable bonds is 5. The van der Waals surface area contributed by atoms with E-state index in [0.29, 0.717) is 12.2 Å². The van der Waals surface area contributed by atoms with Gasteiger partial charge in [-0.1, -0.05) is 18.2 Å². The van der Waals surface area contributed by atoms with Crippen LogP contribution in [0.3, 0.4) is 0 Å². The molecule has 0 amide bonds. The molecule has 0 bridgehead atoms. The molecular formula is C17H22N2O3. The Morgan fingerprint density at radius 3 is 2.77 bits per heavy atom. The summed E-state index contributed by atoms with van der Waals surface area (Å²) in [5.74, 6) is -0.102. The van der Waals surface area contributed by atoms with Gasteiger partial charge in [0.05, 0.1) is 6.61 Å². The summed E-state index contributed by atoms with van der Waals surface area (Å²) in [4.78, 5) is 16.7. The van der Waals surface area contributed by atoms with Crippen molar-refractivity contribution in [3.05, 3.63) is 36.1 Å². The molecular weight excluding hydrogens is 280 g/mol. The number of esters is 1.